The Morgan fingerprint density at radius 2 is 0.809 bits per heavy atom. The predicted molar refractivity (Wildman–Crippen MR) is 198 cm³/mol. The molecule has 0 aliphatic heterocycles. The molecule has 11 heteroatoms. The molecule has 0 aliphatic carbocycles. The van der Waals surface area contributed by atoms with Crippen LogP contribution >= 0.6 is 46.4 Å². The Morgan fingerprint density at radius 1 is 0.489 bits per heavy atom. The Kier molecular flexibility index (Phi) is 14.8. The molecule has 0 radical (unpaired) electrons. The van der Waals surface area contributed by atoms with E-state index in [9.17, 15) is 9.59 Å². The summed E-state index contributed by atoms with van der Waals surface area (Å²) >= 11 is 23.6. The highest BCUT2D eigenvalue weighted by Crippen LogP contribution is 2.25. The van der Waals surface area contributed by atoms with E-state index in [1.54, 1.807) is 48.5 Å². The summed E-state index contributed by atoms with van der Waals surface area (Å²) < 4.78 is 5.95. The molecule has 0 heterocycles. The van der Waals surface area contributed by atoms with Gasteiger partial charge in [0, 0.05) is 72.4 Å². The molecule has 0 saturated carbocycles. The van der Waals surface area contributed by atoms with E-state index in [1.165, 1.54) is 0 Å². The molecule has 0 fully saturated rings. The minimum atomic E-state index is -0.115. The average molecular weight is 717 g/mol. The maximum absolute atomic E-state index is 12.6. The van der Waals surface area contributed by atoms with Crippen molar-refractivity contribution in [3.8, 4) is 11.5 Å². The fraction of sp³-hybridized carbons (Fsp3) is 0.278. The number of carbonyl (C=O) groups excluding carboxylic acids is 2. The molecule has 0 unspecified atom stereocenters. The zero-order valence-corrected chi connectivity index (χ0v) is 29.0. The van der Waals surface area contributed by atoms with Gasteiger partial charge in [-0.2, -0.15) is 0 Å². The van der Waals surface area contributed by atoms with Gasteiger partial charge in [-0.3, -0.25) is 9.59 Å². The van der Waals surface area contributed by atoms with Crippen LogP contribution in [0.25, 0.3) is 0 Å². The van der Waals surface area contributed by atoms with Crippen LogP contribution in [0.4, 0.5) is 22.7 Å². The second kappa shape index (κ2) is 19.3. The molecule has 0 saturated heterocycles. The summed E-state index contributed by atoms with van der Waals surface area (Å²) in [5.74, 6) is 3.06. The quantitative estimate of drug-likeness (QED) is 0.101. The molecular formula is C36H38Cl4N4O3. The molecule has 0 spiro atoms. The highest BCUT2D eigenvalue weighted by atomic mass is 35.5. The first-order chi connectivity index (χ1) is 22.9. The maximum atomic E-state index is 12.6. The van der Waals surface area contributed by atoms with Gasteiger partial charge in [0.05, 0.1) is 12.8 Å². The van der Waals surface area contributed by atoms with Gasteiger partial charge in [-0.15, -0.1) is 46.4 Å². The number of hydrogen-bond donors (Lipinski definition) is 2. The van der Waals surface area contributed by atoms with Crippen LogP contribution in [0.3, 0.4) is 0 Å². The van der Waals surface area contributed by atoms with E-state index in [1.807, 2.05) is 48.5 Å². The van der Waals surface area contributed by atoms with E-state index >= 15 is 0 Å². The van der Waals surface area contributed by atoms with Crippen molar-refractivity contribution in [1.82, 2.24) is 0 Å². The van der Waals surface area contributed by atoms with Crippen molar-refractivity contribution >= 4 is 81.0 Å². The molecule has 0 aromatic heterocycles. The van der Waals surface area contributed by atoms with Crippen molar-refractivity contribution in [3.63, 3.8) is 0 Å². The van der Waals surface area contributed by atoms with Gasteiger partial charge in [0.15, 0.2) is 0 Å². The van der Waals surface area contributed by atoms with Crippen molar-refractivity contribution in [2.24, 2.45) is 0 Å². The zero-order chi connectivity index (χ0) is 33.4. The number of hydrogen-bond acceptors (Lipinski definition) is 5. The van der Waals surface area contributed by atoms with Crippen molar-refractivity contribution in [2.45, 2.75) is 12.8 Å². The van der Waals surface area contributed by atoms with E-state index in [2.05, 4.69) is 20.4 Å². The molecule has 2 amide bonds. The van der Waals surface area contributed by atoms with E-state index in [0.29, 0.717) is 72.6 Å². The lowest BCUT2D eigenvalue weighted by Gasteiger charge is -2.23. The number of anilines is 4. The van der Waals surface area contributed by atoms with Gasteiger partial charge < -0.3 is 25.2 Å². The first-order valence-electron chi connectivity index (χ1n) is 15.3. The standard InChI is InChI=1S/C36H38Cl4N4O3/c37-17-21-43(22-18-38)31-9-1-27(2-10-31)25-35(45)41-29-5-13-33(14-6-29)47-34-15-7-30(8-16-34)42-36(46)26-28-3-11-32(12-4-28)44(23-19-39)24-20-40/h1-16H,17-26H2,(H,41,45)(H,42,46). The van der Waals surface area contributed by atoms with Gasteiger partial charge in [0.25, 0.3) is 0 Å². The predicted octanol–water partition coefficient (Wildman–Crippen LogP) is 8.41. The molecular weight excluding hydrogens is 678 g/mol. The third-order valence-electron chi connectivity index (χ3n) is 7.26. The number of benzene rings is 4. The van der Waals surface area contributed by atoms with E-state index < -0.39 is 0 Å². The summed E-state index contributed by atoms with van der Waals surface area (Å²) in [5, 5.41) is 5.86. The smallest absolute Gasteiger partial charge is 0.228 e. The zero-order valence-electron chi connectivity index (χ0n) is 25.9. The molecule has 0 atom stereocenters. The Bertz CT molecular complexity index is 1410. The first-order valence-corrected chi connectivity index (χ1v) is 17.4. The fourth-order valence-electron chi connectivity index (χ4n) is 4.93. The average Bonchev–Trinajstić information content (AvgIpc) is 3.07. The minimum absolute atomic E-state index is 0.115. The molecule has 4 aromatic rings. The number of ether oxygens (including phenoxy) is 1. The van der Waals surface area contributed by atoms with Gasteiger partial charge in [-0.05, 0) is 83.9 Å². The van der Waals surface area contributed by atoms with Crippen molar-refractivity contribution in [2.75, 3.05) is 70.1 Å². The Morgan fingerprint density at radius 3 is 1.11 bits per heavy atom. The highest BCUT2D eigenvalue weighted by molar-refractivity contribution is 6.19. The molecule has 0 aliphatic rings. The van der Waals surface area contributed by atoms with Crippen LogP contribution in [0.15, 0.2) is 97.1 Å². The van der Waals surface area contributed by atoms with Crippen molar-refractivity contribution in [1.29, 1.82) is 0 Å². The second-order valence-corrected chi connectivity index (χ2v) is 12.2. The van der Waals surface area contributed by atoms with Gasteiger partial charge >= 0.3 is 0 Å². The van der Waals surface area contributed by atoms with Crippen LogP contribution in [0.2, 0.25) is 0 Å². The number of nitrogens with one attached hydrogen (secondary N) is 2. The summed E-state index contributed by atoms with van der Waals surface area (Å²) in [6, 6.07) is 30.0. The Labute approximate surface area is 296 Å². The largest absolute Gasteiger partial charge is 0.457 e. The molecule has 4 rings (SSSR count). The molecule has 0 bridgehead atoms. The molecule has 4 aromatic carbocycles. The van der Waals surface area contributed by atoms with Crippen LogP contribution in [-0.4, -0.2) is 61.5 Å². The van der Waals surface area contributed by atoms with Crippen molar-refractivity contribution < 1.29 is 14.3 Å². The molecule has 47 heavy (non-hydrogen) atoms. The normalized spacial score (nSPS) is 10.7. The minimum Gasteiger partial charge on any atom is -0.457 e. The molecule has 7 nitrogen and oxygen atoms in total. The van der Waals surface area contributed by atoms with Crippen LogP contribution in [0, 0.1) is 0 Å². The van der Waals surface area contributed by atoms with E-state index in [0.717, 1.165) is 22.5 Å². The lowest BCUT2D eigenvalue weighted by molar-refractivity contribution is -0.116. The summed E-state index contributed by atoms with van der Waals surface area (Å²) in [7, 11) is 0. The topological polar surface area (TPSA) is 73.9 Å². The van der Waals surface area contributed by atoms with Crippen LogP contribution in [0.5, 0.6) is 11.5 Å². The second-order valence-electron chi connectivity index (χ2n) is 10.7. The number of halogens is 4. The monoisotopic (exact) mass is 714 g/mol. The maximum Gasteiger partial charge on any atom is 0.228 e. The summed E-state index contributed by atoms with van der Waals surface area (Å²) in [6.45, 7) is 2.83. The van der Waals surface area contributed by atoms with E-state index in [4.69, 9.17) is 51.1 Å². The molecule has 248 valence electrons. The van der Waals surface area contributed by atoms with Crippen molar-refractivity contribution in [3.05, 3.63) is 108 Å². The van der Waals surface area contributed by atoms with Crippen LogP contribution in [-0.2, 0) is 22.4 Å². The Hall–Kier alpha value is -3.62. The fourth-order valence-corrected chi connectivity index (χ4v) is 5.74. The van der Waals surface area contributed by atoms with Crippen LogP contribution in [0.1, 0.15) is 11.1 Å². The summed E-state index contributed by atoms with van der Waals surface area (Å²) in [5.41, 5.74) is 5.21. The van der Waals surface area contributed by atoms with Gasteiger partial charge in [-0.1, -0.05) is 24.3 Å². The molecule has 2 N–H and O–H groups in total. The van der Waals surface area contributed by atoms with E-state index in [-0.39, 0.29) is 24.7 Å². The van der Waals surface area contributed by atoms with Gasteiger partial charge in [0.2, 0.25) is 11.8 Å². The summed E-state index contributed by atoms with van der Waals surface area (Å²) in [6.07, 6.45) is 0.503. The van der Waals surface area contributed by atoms with Crippen LogP contribution < -0.4 is 25.2 Å². The van der Waals surface area contributed by atoms with Gasteiger partial charge in [-0.25, -0.2) is 0 Å². The highest BCUT2D eigenvalue weighted by Gasteiger charge is 2.10. The summed E-state index contributed by atoms with van der Waals surface area (Å²) in [4.78, 5) is 29.5. The number of carbonyl (C=O) groups is 2. The first kappa shape index (κ1) is 36.2. The lowest BCUT2D eigenvalue weighted by atomic mass is 10.1. The Balaban J connectivity index is 1.23. The third kappa shape index (κ3) is 11.8. The van der Waals surface area contributed by atoms with Gasteiger partial charge in [0.1, 0.15) is 11.5 Å². The number of rotatable bonds is 18. The third-order valence-corrected chi connectivity index (χ3v) is 7.94. The SMILES string of the molecule is O=C(Cc1ccc(N(CCCl)CCCl)cc1)Nc1ccc(Oc2ccc(NC(=O)Cc3ccc(N(CCCl)CCCl)cc3)cc2)cc1. The number of alkyl halides is 4. The number of amides is 2. The number of nitrogens with zero attached hydrogens (tertiary/aromatic N) is 2. The lowest BCUT2D eigenvalue weighted by Crippen LogP contribution is -2.27.